The molecule has 0 aromatic carbocycles. The van der Waals surface area contributed by atoms with E-state index in [-0.39, 0.29) is 6.04 Å². The average molecular weight is 216 g/mol. The molecule has 1 N–H and O–H groups in total. The van der Waals surface area contributed by atoms with Gasteiger partial charge in [-0.1, -0.05) is 11.6 Å². The second-order valence-electron chi connectivity index (χ2n) is 3.07. The van der Waals surface area contributed by atoms with Crippen LogP contribution in [0.2, 0.25) is 5.15 Å². The number of nitrogens with one attached hydrogen (secondary N) is 1. The van der Waals surface area contributed by atoms with Crippen LogP contribution >= 0.6 is 11.6 Å². The molecule has 14 heavy (non-hydrogen) atoms. The molecular weight excluding hydrogens is 202 g/mol. The van der Waals surface area contributed by atoms with Gasteiger partial charge in [-0.3, -0.25) is 0 Å². The molecule has 0 amide bonds. The fourth-order valence-corrected chi connectivity index (χ4v) is 1.19. The van der Waals surface area contributed by atoms with Gasteiger partial charge in [0, 0.05) is 6.04 Å². The lowest BCUT2D eigenvalue weighted by atomic mass is 10.4. The standard InChI is InChI=1S/C9H14ClN3O/c1-4-14-7-8(10)11-5-12-9(7)13-6(2)3/h5-6H,4H2,1-3H3,(H,11,12,13). The molecule has 1 rings (SSSR count). The number of halogens is 1. The van der Waals surface area contributed by atoms with E-state index in [1.807, 2.05) is 20.8 Å². The van der Waals surface area contributed by atoms with Crippen molar-refractivity contribution in [2.75, 3.05) is 11.9 Å². The highest BCUT2D eigenvalue weighted by Crippen LogP contribution is 2.29. The molecule has 0 saturated carbocycles. The van der Waals surface area contributed by atoms with Gasteiger partial charge >= 0.3 is 0 Å². The zero-order valence-electron chi connectivity index (χ0n) is 8.54. The Kier molecular flexibility index (Phi) is 3.95. The van der Waals surface area contributed by atoms with Crippen molar-refractivity contribution in [1.82, 2.24) is 9.97 Å². The third-order valence-corrected chi connectivity index (χ3v) is 1.74. The summed E-state index contributed by atoms with van der Waals surface area (Å²) in [5.41, 5.74) is 0. The van der Waals surface area contributed by atoms with Gasteiger partial charge < -0.3 is 10.1 Å². The molecule has 0 spiro atoms. The van der Waals surface area contributed by atoms with Crippen molar-refractivity contribution in [3.05, 3.63) is 11.5 Å². The summed E-state index contributed by atoms with van der Waals surface area (Å²) in [6.07, 6.45) is 1.41. The van der Waals surface area contributed by atoms with E-state index in [0.717, 1.165) is 0 Å². The molecule has 0 bridgehead atoms. The summed E-state index contributed by atoms with van der Waals surface area (Å²) in [5, 5.41) is 3.48. The van der Waals surface area contributed by atoms with Gasteiger partial charge in [0.15, 0.2) is 16.7 Å². The first-order valence-electron chi connectivity index (χ1n) is 4.55. The maximum absolute atomic E-state index is 5.88. The minimum atomic E-state index is 0.278. The fourth-order valence-electron chi connectivity index (χ4n) is 1.00. The van der Waals surface area contributed by atoms with Crippen molar-refractivity contribution in [2.24, 2.45) is 0 Å². The first kappa shape index (κ1) is 11.0. The summed E-state index contributed by atoms with van der Waals surface area (Å²) < 4.78 is 5.35. The van der Waals surface area contributed by atoms with Gasteiger partial charge in [0.1, 0.15) is 6.33 Å². The van der Waals surface area contributed by atoms with Crippen molar-refractivity contribution >= 4 is 17.4 Å². The van der Waals surface area contributed by atoms with Crippen molar-refractivity contribution in [2.45, 2.75) is 26.8 Å². The topological polar surface area (TPSA) is 47.0 Å². The van der Waals surface area contributed by atoms with E-state index >= 15 is 0 Å². The van der Waals surface area contributed by atoms with Gasteiger partial charge in [-0.2, -0.15) is 0 Å². The second-order valence-corrected chi connectivity index (χ2v) is 3.43. The number of hydrogen-bond acceptors (Lipinski definition) is 4. The molecule has 1 aromatic rings. The van der Waals surface area contributed by atoms with E-state index in [2.05, 4.69) is 15.3 Å². The van der Waals surface area contributed by atoms with Gasteiger partial charge in [-0.15, -0.1) is 0 Å². The van der Waals surface area contributed by atoms with Crippen LogP contribution in [0.1, 0.15) is 20.8 Å². The van der Waals surface area contributed by atoms with E-state index in [9.17, 15) is 0 Å². The minimum absolute atomic E-state index is 0.278. The molecule has 0 saturated heterocycles. The van der Waals surface area contributed by atoms with Crippen molar-refractivity contribution < 1.29 is 4.74 Å². The highest BCUT2D eigenvalue weighted by atomic mass is 35.5. The Balaban J connectivity index is 2.95. The SMILES string of the molecule is CCOc1c(Cl)ncnc1NC(C)C. The molecule has 78 valence electrons. The quantitative estimate of drug-likeness (QED) is 0.784. The van der Waals surface area contributed by atoms with E-state index in [1.54, 1.807) is 0 Å². The summed E-state index contributed by atoms with van der Waals surface area (Å²) in [7, 11) is 0. The van der Waals surface area contributed by atoms with Crippen LogP contribution in [-0.4, -0.2) is 22.6 Å². The number of hydrogen-bond donors (Lipinski definition) is 1. The van der Waals surface area contributed by atoms with Crippen LogP contribution in [-0.2, 0) is 0 Å². The predicted molar refractivity (Wildman–Crippen MR) is 57.0 cm³/mol. The summed E-state index contributed by atoms with van der Waals surface area (Å²) in [5.74, 6) is 1.16. The fraction of sp³-hybridized carbons (Fsp3) is 0.556. The van der Waals surface area contributed by atoms with E-state index in [0.29, 0.717) is 23.3 Å². The monoisotopic (exact) mass is 215 g/mol. The van der Waals surface area contributed by atoms with Crippen molar-refractivity contribution in [3.63, 3.8) is 0 Å². The minimum Gasteiger partial charge on any atom is -0.487 e. The zero-order chi connectivity index (χ0) is 10.6. The highest BCUT2D eigenvalue weighted by molar-refractivity contribution is 6.31. The number of aromatic nitrogens is 2. The third kappa shape index (κ3) is 2.73. The normalized spacial score (nSPS) is 10.4. The smallest absolute Gasteiger partial charge is 0.199 e. The molecule has 0 unspecified atom stereocenters. The lowest BCUT2D eigenvalue weighted by Gasteiger charge is -2.13. The summed E-state index contributed by atoms with van der Waals surface area (Å²) in [6.45, 7) is 6.47. The molecule has 0 aliphatic rings. The van der Waals surface area contributed by atoms with Crippen LogP contribution in [0, 0.1) is 0 Å². The lowest BCUT2D eigenvalue weighted by molar-refractivity contribution is 0.339. The van der Waals surface area contributed by atoms with Gasteiger partial charge in [0.2, 0.25) is 0 Å². The molecule has 4 nitrogen and oxygen atoms in total. The van der Waals surface area contributed by atoms with Crippen LogP contribution < -0.4 is 10.1 Å². The lowest BCUT2D eigenvalue weighted by Crippen LogP contribution is -2.13. The summed E-state index contributed by atoms with van der Waals surface area (Å²) in [4.78, 5) is 7.92. The van der Waals surface area contributed by atoms with Crippen LogP contribution in [0.15, 0.2) is 6.33 Å². The predicted octanol–water partition coefficient (Wildman–Crippen LogP) is 2.35. The van der Waals surface area contributed by atoms with E-state index in [4.69, 9.17) is 16.3 Å². The Morgan fingerprint density at radius 3 is 2.79 bits per heavy atom. The molecular formula is C9H14ClN3O. The molecule has 0 atom stereocenters. The first-order valence-corrected chi connectivity index (χ1v) is 4.92. The Morgan fingerprint density at radius 2 is 2.21 bits per heavy atom. The molecule has 0 aliphatic carbocycles. The highest BCUT2D eigenvalue weighted by Gasteiger charge is 2.11. The van der Waals surface area contributed by atoms with Gasteiger partial charge in [0.05, 0.1) is 6.61 Å². The molecule has 5 heteroatoms. The Morgan fingerprint density at radius 1 is 1.50 bits per heavy atom. The molecule has 0 fully saturated rings. The largest absolute Gasteiger partial charge is 0.487 e. The number of anilines is 1. The third-order valence-electron chi connectivity index (χ3n) is 1.47. The van der Waals surface area contributed by atoms with Crippen molar-refractivity contribution in [1.29, 1.82) is 0 Å². The molecule has 1 aromatic heterocycles. The van der Waals surface area contributed by atoms with Crippen LogP contribution in [0.25, 0.3) is 0 Å². The van der Waals surface area contributed by atoms with Crippen LogP contribution in [0.3, 0.4) is 0 Å². The maximum Gasteiger partial charge on any atom is 0.199 e. The first-order chi connectivity index (χ1) is 6.65. The maximum atomic E-state index is 5.88. The van der Waals surface area contributed by atoms with E-state index < -0.39 is 0 Å². The number of rotatable bonds is 4. The van der Waals surface area contributed by atoms with Gasteiger partial charge in [0.25, 0.3) is 0 Å². The second kappa shape index (κ2) is 5.00. The molecule has 1 heterocycles. The number of nitrogens with zero attached hydrogens (tertiary/aromatic N) is 2. The van der Waals surface area contributed by atoms with Gasteiger partial charge in [-0.05, 0) is 20.8 Å². The Bertz CT molecular complexity index is 304. The number of ether oxygens (including phenoxy) is 1. The summed E-state index contributed by atoms with van der Waals surface area (Å²) in [6, 6.07) is 0.278. The Labute approximate surface area is 88.7 Å². The van der Waals surface area contributed by atoms with Gasteiger partial charge in [-0.25, -0.2) is 9.97 Å². The average Bonchev–Trinajstić information content (AvgIpc) is 2.10. The van der Waals surface area contributed by atoms with Crippen LogP contribution in [0.5, 0.6) is 5.75 Å². The van der Waals surface area contributed by atoms with E-state index in [1.165, 1.54) is 6.33 Å². The van der Waals surface area contributed by atoms with Crippen molar-refractivity contribution in [3.8, 4) is 5.75 Å². The molecule has 0 aliphatic heterocycles. The molecule has 0 radical (unpaired) electrons. The Hall–Kier alpha value is -1.03. The zero-order valence-corrected chi connectivity index (χ0v) is 9.30. The summed E-state index contributed by atoms with van der Waals surface area (Å²) >= 11 is 5.88. The van der Waals surface area contributed by atoms with Crippen LogP contribution in [0.4, 0.5) is 5.82 Å².